The van der Waals surface area contributed by atoms with Crippen molar-refractivity contribution >= 4 is 40.9 Å². The molecule has 0 spiro atoms. The van der Waals surface area contributed by atoms with Crippen molar-refractivity contribution < 1.29 is 14.0 Å². The fourth-order valence-corrected chi connectivity index (χ4v) is 3.87. The highest BCUT2D eigenvalue weighted by atomic mass is 35.5. The highest BCUT2D eigenvalue weighted by Crippen LogP contribution is 2.25. The first-order valence-corrected chi connectivity index (χ1v) is 11.3. The largest absolute Gasteiger partial charge is 0.342 e. The van der Waals surface area contributed by atoms with E-state index in [0.29, 0.717) is 22.2 Å². The van der Waals surface area contributed by atoms with Crippen molar-refractivity contribution in [3.05, 3.63) is 70.8 Å². The van der Waals surface area contributed by atoms with Gasteiger partial charge in [0.1, 0.15) is 5.82 Å². The maximum Gasteiger partial charge on any atom is 0.251 e. The van der Waals surface area contributed by atoms with Crippen molar-refractivity contribution in [2.75, 3.05) is 11.1 Å². The zero-order valence-corrected chi connectivity index (χ0v) is 19.4. The van der Waals surface area contributed by atoms with E-state index < -0.39 is 5.82 Å². The Balaban J connectivity index is 1.65. The van der Waals surface area contributed by atoms with Gasteiger partial charge in [0.05, 0.1) is 16.8 Å². The minimum absolute atomic E-state index is 0.0642. The molecule has 2 aromatic carbocycles. The molecule has 32 heavy (non-hydrogen) atoms. The van der Waals surface area contributed by atoms with Crippen LogP contribution in [0, 0.1) is 11.7 Å². The Labute approximate surface area is 194 Å². The fraction of sp³-hybridized carbons (Fsp3) is 0.273. The zero-order valence-electron chi connectivity index (χ0n) is 17.8. The first-order chi connectivity index (χ1) is 15.3. The number of benzene rings is 2. The van der Waals surface area contributed by atoms with Gasteiger partial charge in [-0.05, 0) is 36.2 Å². The number of amides is 2. The number of rotatable bonds is 8. The van der Waals surface area contributed by atoms with Gasteiger partial charge in [-0.1, -0.05) is 55.4 Å². The van der Waals surface area contributed by atoms with Crippen molar-refractivity contribution in [3.63, 3.8) is 0 Å². The molecule has 168 valence electrons. The summed E-state index contributed by atoms with van der Waals surface area (Å²) in [6.07, 6.45) is 0. The number of hydrogen-bond donors (Lipinski definition) is 2. The van der Waals surface area contributed by atoms with Crippen LogP contribution in [0.25, 0.3) is 0 Å². The summed E-state index contributed by atoms with van der Waals surface area (Å²) >= 11 is 6.95. The molecule has 1 atom stereocenters. The summed E-state index contributed by atoms with van der Waals surface area (Å²) in [7, 11) is 1.79. The second-order valence-electron chi connectivity index (χ2n) is 7.43. The summed E-state index contributed by atoms with van der Waals surface area (Å²) in [5.74, 6) is -0.306. The van der Waals surface area contributed by atoms with Crippen LogP contribution in [-0.4, -0.2) is 32.3 Å². The average Bonchev–Trinajstić information content (AvgIpc) is 3.13. The Morgan fingerprint density at radius 2 is 1.88 bits per heavy atom. The third kappa shape index (κ3) is 5.86. The summed E-state index contributed by atoms with van der Waals surface area (Å²) in [5.41, 5.74) is 0.969. The molecule has 2 N–H and O–H groups in total. The lowest BCUT2D eigenvalue weighted by Gasteiger charge is -2.21. The second-order valence-corrected chi connectivity index (χ2v) is 8.78. The Morgan fingerprint density at radius 3 is 2.53 bits per heavy atom. The summed E-state index contributed by atoms with van der Waals surface area (Å²) in [6.45, 7) is 3.97. The van der Waals surface area contributed by atoms with Crippen LogP contribution in [0.4, 0.5) is 10.1 Å². The zero-order chi connectivity index (χ0) is 23.3. The van der Waals surface area contributed by atoms with Crippen LogP contribution >= 0.6 is 23.4 Å². The van der Waals surface area contributed by atoms with Gasteiger partial charge < -0.3 is 15.2 Å². The fourth-order valence-electron chi connectivity index (χ4n) is 2.97. The lowest BCUT2D eigenvalue weighted by Crippen LogP contribution is -2.33. The first-order valence-electron chi connectivity index (χ1n) is 9.89. The van der Waals surface area contributed by atoms with Gasteiger partial charge in [-0.2, -0.15) is 0 Å². The molecule has 3 rings (SSSR count). The highest BCUT2D eigenvalue weighted by molar-refractivity contribution is 7.99. The van der Waals surface area contributed by atoms with Gasteiger partial charge in [-0.25, -0.2) is 4.39 Å². The van der Waals surface area contributed by atoms with Crippen molar-refractivity contribution in [3.8, 4) is 0 Å². The van der Waals surface area contributed by atoms with Crippen LogP contribution in [0.15, 0.2) is 53.7 Å². The Kier molecular flexibility index (Phi) is 7.87. The van der Waals surface area contributed by atoms with Gasteiger partial charge in [0.25, 0.3) is 5.91 Å². The Morgan fingerprint density at radius 1 is 1.16 bits per heavy atom. The number of nitrogens with zero attached hydrogens (tertiary/aromatic N) is 3. The number of nitrogens with one attached hydrogen (secondary N) is 2. The third-order valence-corrected chi connectivity index (χ3v) is 5.98. The molecule has 1 heterocycles. The monoisotopic (exact) mass is 475 g/mol. The van der Waals surface area contributed by atoms with Crippen LogP contribution in [-0.2, 0) is 11.8 Å². The Bertz CT molecular complexity index is 1110. The van der Waals surface area contributed by atoms with Gasteiger partial charge in [0.15, 0.2) is 11.0 Å². The van der Waals surface area contributed by atoms with E-state index in [0.717, 1.165) is 0 Å². The van der Waals surface area contributed by atoms with Gasteiger partial charge in [-0.15, -0.1) is 10.2 Å². The minimum Gasteiger partial charge on any atom is -0.342 e. The second kappa shape index (κ2) is 10.6. The number of thioether (sulfide) groups is 1. The molecule has 0 aliphatic heterocycles. The van der Waals surface area contributed by atoms with E-state index in [9.17, 15) is 14.0 Å². The third-order valence-electron chi connectivity index (χ3n) is 4.67. The van der Waals surface area contributed by atoms with Crippen LogP contribution < -0.4 is 10.6 Å². The van der Waals surface area contributed by atoms with E-state index in [2.05, 4.69) is 20.8 Å². The quantitative estimate of drug-likeness (QED) is 0.469. The average molecular weight is 476 g/mol. The predicted octanol–water partition coefficient (Wildman–Crippen LogP) is 4.47. The van der Waals surface area contributed by atoms with E-state index >= 15 is 0 Å². The normalized spacial score (nSPS) is 11.9. The molecule has 0 saturated carbocycles. The minimum atomic E-state index is -0.551. The van der Waals surface area contributed by atoms with Crippen molar-refractivity contribution in [2.45, 2.75) is 25.0 Å². The van der Waals surface area contributed by atoms with E-state index in [-0.39, 0.29) is 34.5 Å². The molecular formula is C22H23ClFN5O2S. The van der Waals surface area contributed by atoms with Crippen molar-refractivity contribution in [2.24, 2.45) is 13.0 Å². The lowest BCUT2D eigenvalue weighted by molar-refractivity contribution is -0.113. The number of carbonyl (C=O) groups is 2. The van der Waals surface area contributed by atoms with Crippen molar-refractivity contribution in [1.29, 1.82) is 0 Å². The molecule has 0 fully saturated rings. The van der Waals surface area contributed by atoms with Crippen molar-refractivity contribution in [1.82, 2.24) is 20.1 Å². The highest BCUT2D eigenvalue weighted by Gasteiger charge is 2.25. The molecule has 0 aliphatic carbocycles. The number of aromatic nitrogens is 3. The standard InChI is InChI=1S/C22H23ClFN5O2S/c1-13(2)19(26-21(31)14-7-5-4-6-8-14)20-27-28-22(29(20)3)32-12-18(30)25-15-9-10-17(24)16(23)11-15/h4-11,13,19H,12H2,1-3H3,(H,25,30)(H,26,31)/t19-/m0/s1. The molecule has 0 unspecified atom stereocenters. The number of halogens is 2. The van der Waals surface area contributed by atoms with Crippen LogP contribution in [0.3, 0.4) is 0 Å². The predicted molar refractivity (Wildman–Crippen MR) is 123 cm³/mol. The van der Waals surface area contributed by atoms with Gasteiger partial charge in [-0.3, -0.25) is 9.59 Å². The maximum atomic E-state index is 13.3. The van der Waals surface area contributed by atoms with Gasteiger partial charge in [0.2, 0.25) is 5.91 Å². The number of hydrogen-bond acceptors (Lipinski definition) is 5. The maximum absolute atomic E-state index is 13.3. The molecule has 7 nitrogen and oxygen atoms in total. The summed E-state index contributed by atoms with van der Waals surface area (Å²) < 4.78 is 15.0. The first kappa shape index (κ1) is 23.7. The molecule has 2 amide bonds. The molecular weight excluding hydrogens is 453 g/mol. The van der Waals surface area contributed by atoms with Crippen LogP contribution in [0.2, 0.25) is 5.02 Å². The summed E-state index contributed by atoms with van der Waals surface area (Å²) in [4.78, 5) is 24.9. The number of carbonyl (C=O) groups excluding carboxylic acids is 2. The topological polar surface area (TPSA) is 88.9 Å². The SMILES string of the molecule is CC(C)[C@H](NC(=O)c1ccccc1)c1nnc(SCC(=O)Nc2ccc(F)c(Cl)c2)n1C. The molecule has 0 bridgehead atoms. The molecule has 1 aromatic heterocycles. The van der Waals surface area contributed by atoms with Crippen LogP contribution in [0.1, 0.15) is 36.1 Å². The van der Waals surface area contributed by atoms with Gasteiger partial charge in [0, 0.05) is 18.3 Å². The molecule has 3 aromatic rings. The lowest BCUT2D eigenvalue weighted by atomic mass is 10.0. The number of anilines is 1. The van der Waals surface area contributed by atoms with Crippen LogP contribution in [0.5, 0.6) is 0 Å². The molecule has 0 saturated heterocycles. The van der Waals surface area contributed by atoms with E-state index in [1.165, 1.54) is 30.0 Å². The van der Waals surface area contributed by atoms with E-state index in [1.807, 2.05) is 19.9 Å². The summed E-state index contributed by atoms with van der Waals surface area (Å²) in [5, 5.41) is 14.6. The van der Waals surface area contributed by atoms with E-state index in [1.54, 1.807) is 35.9 Å². The van der Waals surface area contributed by atoms with E-state index in [4.69, 9.17) is 11.6 Å². The molecule has 0 radical (unpaired) electrons. The smallest absolute Gasteiger partial charge is 0.251 e. The summed E-state index contributed by atoms with van der Waals surface area (Å²) in [6, 6.07) is 12.6. The Hall–Kier alpha value is -2.91. The molecule has 10 heteroatoms. The van der Waals surface area contributed by atoms with Gasteiger partial charge >= 0.3 is 0 Å². The molecule has 0 aliphatic rings.